The highest BCUT2D eigenvalue weighted by Gasteiger charge is 2.15. The van der Waals surface area contributed by atoms with Gasteiger partial charge in [0.25, 0.3) is 0 Å². The van der Waals surface area contributed by atoms with Gasteiger partial charge in [-0.25, -0.2) is 13.1 Å². The van der Waals surface area contributed by atoms with E-state index >= 15 is 0 Å². The zero-order valence-corrected chi connectivity index (χ0v) is 12.8. The molecule has 0 bridgehead atoms. The van der Waals surface area contributed by atoms with E-state index < -0.39 is 10.0 Å². The van der Waals surface area contributed by atoms with Crippen LogP contribution >= 0.6 is 11.8 Å². The van der Waals surface area contributed by atoms with Crippen molar-refractivity contribution < 1.29 is 8.42 Å². The van der Waals surface area contributed by atoms with Crippen molar-refractivity contribution in [2.75, 3.05) is 30.9 Å². The average molecular weight is 282 g/mol. The molecule has 0 aliphatic heterocycles. The Hall–Kier alpha value is 0.220. The van der Waals surface area contributed by atoms with E-state index in [1.165, 1.54) is 0 Å². The van der Waals surface area contributed by atoms with Crippen LogP contribution in [0.4, 0.5) is 0 Å². The summed E-state index contributed by atoms with van der Waals surface area (Å²) in [7, 11) is -3.09. The van der Waals surface area contributed by atoms with E-state index in [1.807, 2.05) is 20.1 Å². The summed E-state index contributed by atoms with van der Waals surface area (Å²) in [6.07, 6.45) is 4.47. The van der Waals surface area contributed by atoms with Crippen LogP contribution in [0.3, 0.4) is 0 Å². The minimum absolute atomic E-state index is 0.0729. The summed E-state index contributed by atoms with van der Waals surface area (Å²) in [4.78, 5) is 0. The van der Waals surface area contributed by atoms with Crippen molar-refractivity contribution in [1.82, 2.24) is 10.0 Å². The molecule has 2 N–H and O–H groups in total. The van der Waals surface area contributed by atoms with Crippen molar-refractivity contribution in [1.29, 1.82) is 0 Å². The topological polar surface area (TPSA) is 58.2 Å². The number of unbranched alkanes of at least 4 members (excludes halogenated alkanes) is 1. The number of nitrogens with one attached hydrogen (secondary N) is 2. The Morgan fingerprint density at radius 1 is 1.24 bits per heavy atom. The van der Waals surface area contributed by atoms with Gasteiger partial charge in [0.05, 0.1) is 5.75 Å². The summed E-state index contributed by atoms with van der Waals surface area (Å²) >= 11 is 1.67. The molecule has 0 rings (SSSR count). The minimum atomic E-state index is -3.09. The molecule has 1 unspecified atom stereocenters. The predicted molar refractivity (Wildman–Crippen MR) is 77.2 cm³/mol. The zero-order valence-electron chi connectivity index (χ0n) is 11.2. The third-order valence-corrected chi connectivity index (χ3v) is 4.73. The molecule has 0 aliphatic carbocycles. The van der Waals surface area contributed by atoms with Crippen molar-refractivity contribution >= 4 is 21.8 Å². The van der Waals surface area contributed by atoms with Gasteiger partial charge in [-0.2, -0.15) is 11.8 Å². The molecule has 0 saturated heterocycles. The van der Waals surface area contributed by atoms with Crippen LogP contribution in [-0.4, -0.2) is 45.3 Å². The summed E-state index contributed by atoms with van der Waals surface area (Å²) in [6.45, 7) is 5.89. The van der Waals surface area contributed by atoms with Crippen LogP contribution in [0, 0.1) is 0 Å². The third-order valence-electron chi connectivity index (χ3n) is 2.47. The molecule has 0 radical (unpaired) electrons. The van der Waals surface area contributed by atoms with Gasteiger partial charge in [0.15, 0.2) is 0 Å². The van der Waals surface area contributed by atoms with E-state index in [2.05, 4.69) is 10.0 Å². The molecular formula is C11H26N2O2S2. The highest BCUT2D eigenvalue weighted by molar-refractivity contribution is 7.98. The summed E-state index contributed by atoms with van der Waals surface area (Å²) < 4.78 is 26.3. The molecule has 0 saturated carbocycles. The van der Waals surface area contributed by atoms with Crippen LogP contribution in [0.15, 0.2) is 0 Å². The van der Waals surface area contributed by atoms with Gasteiger partial charge in [0.1, 0.15) is 0 Å². The van der Waals surface area contributed by atoms with Crippen molar-refractivity contribution in [2.24, 2.45) is 0 Å². The van der Waals surface area contributed by atoms with Gasteiger partial charge < -0.3 is 5.32 Å². The molecule has 0 aromatic rings. The summed E-state index contributed by atoms with van der Waals surface area (Å²) in [5.74, 6) is 1.08. The maximum absolute atomic E-state index is 11.8. The first kappa shape index (κ1) is 17.2. The fourth-order valence-electron chi connectivity index (χ4n) is 1.47. The third kappa shape index (κ3) is 9.88. The van der Waals surface area contributed by atoms with Crippen LogP contribution in [0.25, 0.3) is 0 Å². The first-order valence-corrected chi connectivity index (χ1v) is 9.30. The maximum atomic E-state index is 11.8. The van der Waals surface area contributed by atoms with Gasteiger partial charge in [-0.3, -0.25) is 0 Å². The van der Waals surface area contributed by atoms with Gasteiger partial charge in [-0.1, -0.05) is 13.8 Å². The highest BCUT2D eigenvalue weighted by Crippen LogP contribution is 2.04. The van der Waals surface area contributed by atoms with Gasteiger partial charge in [0.2, 0.25) is 10.0 Å². The lowest BCUT2D eigenvalue weighted by Crippen LogP contribution is -2.37. The maximum Gasteiger partial charge on any atom is 0.211 e. The van der Waals surface area contributed by atoms with Gasteiger partial charge in [0, 0.05) is 11.8 Å². The first-order valence-electron chi connectivity index (χ1n) is 6.25. The normalized spacial score (nSPS) is 13.8. The summed E-state index contributed by atoms with van der Waals surface area (Å²) in [5, 5.41) is 3.19. The quantitative estimate of drug-likeness (QED) is 0.563. The molecule has 0 fully saturated rings. The average Bonchev–Trinajstić information content (AvgIpc) is 2.28. The largest absolute Gasteiger partial charge is 0.317 e. The Morgan fingerprint density at radius 3 is 2.47 bits per heavy atom. The summed E-state index contributed by atoms with van der Waals surface area (Å²) in [5.41, 5.74) is 0. The first-order chi connectivity index (χ1) is 8.05. The Bertz CT molecular complexity index is 269. The van der Waals surface area contributed by atoms with Crippen LogP contribution in [0.2, 0.25) is 0 Å². The molecule has 4 nitrogen and oxygen atoms in total. The predicted octanol–water partition coefficient (Wildman–Crippen LogP) is 1.44. The molecule has 104 valence electrons. The van der Waals surface area contributed by atoms with Crippen LogP contribution in [-0.2, 0) is 10.0 Å². The van der Waals surface area contributed by atoms with Gasteiger partial charge in [-0.15, -0.1) is 0 Å². The van der Waals surface area contributed by atoms with Crippen molar-refractivity contribution in [3.05, 3.63) is 0 Å². The fraction of sp³-hybridized carbons (Fsp3) is 1.00. The second-order valence-corrected chi connectivity index (χ2v) is 6.84. The Labute approximate surface area is 110 Å². The molecule has 0 aliphatic rings. The smallest absolute Gasteiger partial charge is 0.211 e. The lowest BCUT2D eigenvalue weighted by atomic mass is 10.3. The molecule has 0 spiro atoms. The summed E-state index contributed by atoms with van der Waals surface area (Å²) in [6, 6.07) is 0.0729. The molecule has 17 heavy (non-hydrogen) atoms. The SMILES string of the molecule is CCNCCCCS(=O)(=O)NC(CC)CSC. The van der Waals surface area contributed by atoms with E-state index in [4.69, 9.17) is 0 Å². The fourth-order valence-corrected chi connectivity index (χ4v) is 3.75. The van der Waals surface area contributed by atoms with E-state index in [0.717, 1.165) is 38.1 Å². The number of rotatable bonds is 11. The zero-order chi connectivity index (χ0) is 13.1. The highest BCUT2D eigenvalue weighted by atomic mass is 32.2. The Kier molecular flexibility index (Phi) is 10.3. The second-order valence-electron chi connectivity index (χ2n) is 4.06. The minimum Gasteiger partial charge on any atom is -0.317 e. The van der Waals surface area contributed by atoms with Gasteiger partial charge >= 0.3 is 0 Å². The van der Waals surface area contributed by atoms with E-state index in [9.17, 15) is 8.42 Å². The molecule has 1 atom stereocenters. The molecular weight excluding hydrogens is 256 g/mol. The molecule has 0 aromatic carbocycles. The van der Waals surface area contributed by atoms with E-state index in [1.54, 1.807) is 11.8 Å². The number of sulfonamides is 1. The lowest BCUT2D eigenvalue weighted by Gasteiger charge is -2.15. The molecule has 0 amide bonds. The van der Waals surface area contributed by atoms with Crippen LogP contribution in [0.1, 0.15) is 33.1 Å². The monoisotopic (exact) mass is 282 g/mol. The van der Waals surface area contributed by atoms with Crippen molar-refractivity contribution in [3.63, 3.8) is 0 Å². The van der Waals surface area contributed by atoms with Crippen molar-refractivity contribution in [2.45, 2.75) is 39.2 Å². The lowest BCUT2D eigenvalue weighted by molar-refractivity contribution is 0.553. The molecule has 0 heterocycles. The van der Waals surface area contributed by atoms with E-state index in [-0.39, 0.29) is 11.8 Å². The number of thioether (sulfide) groups is 1. The van der Waals surface area contributed by atoms with Crippen molar-refractivity contribution in [3.8, 4) is 0 Å². The number of hydrogen-bond acceptors (Lipinski definition) is 4. The van der Waals surface area contributed by atoms with Gasteiger partial charge in [-0.05, 0) is 38.6 Å². The second kappa shape index (κ2) is 10.2. The standard InChI is InChI=1S/C11H26N2O2S2/c1-4-11(10-16-3)13-17(14,15)9-7-6-8-12-5-2/h11-13H,4-10H2,1-3H3. The molecule has 0 aromatic heterocycles. The Morgan fingerprint density at radius 2 is 1.94 bits per heavy atom. The van der Waals surface area contributed by atoms with Crippen LogP contribution < -0.4 is 10.0 Å². The van der Waals surface area contributed by atoms with Crippen LogP contribution in [0.5, 0.6) is 0 Å². The van der Waals surface area contributed by atoms with E-state index in [0.29, 0.717) is 0 Å². The molecule has 6 heteroatoms. The number of hydrogen-bond donors (Lipinski definition) is 2. The Balaban J connectivity index is 3.85.